The first-order chi connectivity index (χ1) is 8.01. The van der Waals surface area contributed by atoms with E-state index in [2.05, 4.69) is 0 Å². The number of rotatable bonds is 4. The standard InChI is InChI=1S/C12H12F3NO/c1-2-3-7(6-16)12(17)8-4-10(14)11(15)5-9(8)13/h4-5,7,12,17H,2-3H2,1H3. The lowest BCUT2D eigenvalue weighted by molar-refractivity contribution is 0.125. The van der Waals surface area contributed by atoms with Gasteiger partial charge in [0.1, 0.15) is 5.82 Å². The molecule has 0 saturated heterocycles. The van der Waals surface area contributed by atoms with Crippen LogP contribution in [-0.4, -0.2) is 5.11 Å². The Balaban J connectivity index is 3.07. The monoisotopic (exact) mass is 243 g/mol. The Bertz CT molecular complexity index is 442. The van der Waals surface area contributed by atoms with Crippen molar-refractivity contribution in [1.29, 1.82) is 5.26 Å². The SMILES string of the molecule is CCCC(C#N)C(O)c1cc(F)c(F)cc1F. The molecular formula is C12H12F3NO. The molecule has 2 atom stereocenters. The van der Waals surface area contributed by atoms with Crippen LogP contribution in [0.25, 0.3) is 0 Å². The molecule has 1 aromatic carbocycles. The Morgan fingerprint density at radius 1 is 1.24 bits per heavy atom. The molecule has 0 spiro atoms. The normalized spacial score (nSPS) is 14.1. The minimum absolute atomic E-state index is 0.357. The van der Waals surface area contributed by atoms with Gasteiger partial charge in [0, 0.05) is 11.6 Å². The van der Waals surface area contributed by atoms with Gasteiger partial charge < -0.3 is 5.11 Å². The zero-order valence-electron chi connectivity index (χ0n) is 9.25. The third-order valence-electron chi connectivity index (χ3n) is 2.50. The number of aliphatic hydroxyl groups is 1. The Morgan fingerprint density at radius 2 is 1.82 bits per heavy atom. The van der Waals surface area contributed by atoms with Gasteiger partial charge in [-0.15, -0.1) is 0 Å². The highest BCUT2D eigenvalue weighted by Gasteiger charge is 2.24. The van der Waals surface area contributed by atoms with Crippen LogP contribution >= 0.6 is 0 Å². The van der Waals surface area contributed by atoms with Crippen LogP contribution in [0.15, 0.2) is 12.1 Å². The molecule has 0 saturated carbocycles. The summed E-state index contributed by atoms with van der Waals surface area (Å²) in [6.45, 7) is 1.80. The predicted molar refractivity (Wildman–Crippen MR) is 55.3 cm³/mol. The molecule has 0 bridgehead atoms. The van der Waals surface area contributed by atoms with Gasteiger partial charge in [0.25, 0.3) is 0 Å². The molecule has 0 aliphatic carbocycles. The van der Waals surface area contributed by atoms with E-state index < -0.39 is 29.5 Å². The molecule has 0 heterocycles. The minimum Gasteiger partial charge on any atom is -0.387 e. The summed E-state index contributed by atoms with van der Waals surface area (Å²) >= 11 is 0. The molecule has 1 N–H and O–H groups in total. The van der Waals surface area contributed by atoms with Crippen molar-refractivity contribution < 1.29 is 18.3 Å². The van der Waals surface area contributed by atoms with Crippen molar-refractivity contribution in [2.24, 2.45) is 5.92 Å². The maximum absolute atomic E-state index is 13.3. The Labute approximate surface area is 97.3 Å². The lowest BCUT2D eigenvalue weighted by Crippen LogP contribution is -2.13. The van der Waals surface area contributed by atoms with E-state index >= 15 is 0 Å². The fourth-order valence-electron chi connectivity index (χ4n) is 1.59. The second-order valence-corrected chi connectivity index (χ2v) is 3.76. The zero-order chi connectivity index (χ0) is 13.0. The van der Waals surface area contributed by atoms with Crippen LogP contribution in [0.3, 0.4) is 0 Å². The quantitative estimate of drug-likeness (QED) is 0.826. The highest BCUT2D eigenvalue weighted by molar-refractivity contribution is 5.24. The molecule has 2 nitrogen and oxygen atoms in total. The zero-order valence-corrected chi connectivity index (χ0v) is 9.25. The molecule has 0 aromatic heterocycles. The van der Waals surface area contributed by atoms with Crippen molar-refractivity contribution >= 4 is 0 Å². The first kappa shape index (κ1) is 13.5. The van der Waals surface area contributed by atoms with Gasteiger partial charge in [-0.1, -0.05) is 13.3 Å². The average Bonchev–Trinajstić information content (AvgIpc) is 2.30. The van der Waals surface area contributed by atoms with Gasteiger partial charge >= 0.3 is 0 Å². The predicted octanol–water partition coefficient (Wildman–Crippen LogP) is 3.08. The van der Waals surface area contributed by atoms with Crippen molar-refractivity contribution in [3.8, 4) is 6.07 Å². The smallest absolute Gasteiger partial charge is 0.161 e. The van der Waals surface area contributed by atoms with Crippen LogP contribution in [0.2, 0.25) is 0 Å². The first-order valence-corrected chi connectivity index (χ1v) is 5.23. The van der Waals surface area contributed by atoms with Gasteiger partial charge in [-0.25, -0.2) is 13.2 Å². The van der Waals surface area contributed by atoms with Crippen LogP contribution in [0, 0.1) is 34.7 Å². The summed E-state index contributed by atoms with van der Waals surface area (Å²) in [5, 5.41) is 18.6. The summed E-state index contributed by atoms with van der Waals surface area (Å²) < 4.78 is 39.0. The lowest BCUT2D eigenvalue weighted by atomic mass is 9.93. The highest BCUT2D eigenvalue weighted by Crippen LogP contribution is 2.28. The second-order valence-electron chi connectivity index (χ2n) is 3.76. The van der Waals surface area contributed by atoms with Gasteiger partial charge in [0.2, 0.25) is 0 Å². The van der Waals surface area contributed by atoms with Crippen LogP contribution in [0.5, 0.6) is 0 Å². The van der Waals surface area contributed by atoms with Crippen molar-refractivity contribution in [2.45, 2.75) is 25.9 Å². The van der Waals surface area contributed by atoms with Crippen molar-refractivity contribution in [3.63, 3.8) is 0 Å². The highest BCUT2D eigenvalue weighted by atomic mass is 19.2. The fraction of sp³-hybridized carbons (Fsp3) is 0.417. The molecule has 5 heteroatoms. The summed E-state index contributed by atoms with van der Waals surface area (Å²) in [6, 6.07) is 2.79. The van der Waals surface area contributed by atoms with E-state index in [-0.39, 0.29) is 5.56 Å². The third kappa shape index (κ3) is 2.98. The Morgan fingerprint density at radius 3 is 2.35 bits per heavy atom. The number of nitriles is 1. The summed E-state index contributed by atoms with van der Waals surface area (Å²) in [5.74, 6) is -4.44. The Kier molecular flexibility index (Phi) is 4.53. The van der Waals surface area contributed by atoms with E-state index in [4.69, 9.17) is 5.26 Å². The molecule has 0 aliphatic rings. The summed E-state index contributed by atoms with van der Waals surface area (Å²) in [7, 11) is 0. The van der Waals surface area contributed by atoms with Crippen LogP contribution in [0.1, 0.15) is 31.4 Å². The van der Waals surface area contributed by atoms with E-state index in [9.17, 15) is 18.3 Å². The van der Waals surface area contributed by atoms with Crippen LogP contribution in [-0.2, 0) is 0 Å². The first-order valence-electron chi connectivity index (χ1n) is 5.23. The largest absolute Gasteiger partial charge is 0.387 e. The van der Waals surface area contributed by atoms with Gasteiger partial charge in [-0.3, -0.25) is 0 Å². The van der Waals surface area contributed by atoms with Gasteiger partial charge in [0.15, 0.2) is 11.6 Å². The van der Waals surface area contributed by atoms with E-state index in [0.717, 1.165) is 0 Å². The average molecular weight is 243 g/mol. The number of hydrogen-bond donors (Lipinski definition) is 1. The molecule has 0 radical (unpaired) electrons. The number of nitrogens with zero attached hydrogens (tertiary/aromatic N) is 1. The summed E-state index contributed by atoms with van der Waals surface area (Å²) in [4.78, 5) is 0. The number of benzene rings is 1. The van der Waals surface area contributed by atoms with E-state index in [1.54, 1.807) is 6.92 Å². The number of hydrogen-bond acceptors (Lipinski definition) is 2. The topological polar surface area (TPSA) is 44.0 Å². The number of halogens is 3. The van der Waals surface area contributed by atoms with Crippen molar-refractivity contribution in [2.75, 3.05) is 0 Å². The molecular weight excluding hydrogens is 231 g/mol. The molecule has 0 aliphatic heterocycles. The molecule has 92 valence electrons. The summed E-state index contributed by atoms with van der Waals surface area (Å²) in [5.41, 5.74) is -0.385. The molecule has 0 amide bonds. The van der Waals surface area contributed by atoms with Crippen LogP contribution < -0.4 is 0 Å². The summed E-state index contributed by atoms with van der Waals surface area (Å²) in [6.07, 6.45) is -0.466. The van der Waals surface area contributed by atoms with E-state index in [0.29, 0.717) is 25.0 Å². The third-order valence-corrected chi connectivity index (χ3v) is 2.50. The second kappa shape index (κ2) is 5.69. The Hall–Kier alpha value is -1.54. The van der Waals surface area contributed by atoms with Gasteiger partial charge in [0.05, 0.1) is 18.1 Å². The number of aliphatic hydroxyl groups excluding tert-OH is 1. The molecule has 1 aromatic rings. The van der Waals surface area contributed by atoms with E-state index in [1.807, 2.05) is 6.07 Å². The fourth-order valence-corrected chi connectivity index (χ4v) is 1.59. The van der Waals surface area contributed by atoms with Crippen molar-refractivity contribution in [3.05, 3.63) is 35.1 Å². The lowest BCUT2D eigenvalue weighted by Gasteiger charge is -2.17. The molecule has 0 fully saturated rings. The van der Waals surface area contributed by atoms with Gasteiger partial charge in [-0.2, -0.15) is 5.26 Å². The molecule has 1 rings (SSSR count). The molecule has 2 unspecified atom stereocenters. The van der Waals surface area contributed by atoms with Crippen LogP contribution in [0.4, 0.5) is 13.2 Å². The molecule has 17 heavy (non-hydrogen) atoms. The minimum atomic E-state index is -1.45. The van der Waals surface area contributed by atoms with E-state index in [1.165, 1.54) is 0 Å². The van der Waals surface area contributed by atoms with Gasteiger partial charge in [-0.05, 0) is 12.5 Å². The maximum Gasteiger partial charge on any atom is 0.161 e. The van der Waals surface area contributed by atoms with Crippen molar-refractivity contribution in [1.82, 2.24) is 0 Å². The maximum atomic E-state index is 13.3.